The summed E-state index contributed by atoms with van der Waals surface area (Å²) in [5, 5.41) is 0. The maximum atomic E-state index is 3.12. The highest BCUT2D eigenvalue weighted by Crippen LogP contribution is 2.14. The van der Waals surface area contributed by atoms with Crippen molar-refractivity contribution in [1.82, 2.24) is 4.98 Å². The van der Waals surface area contributed by atoms with Gasteiger partial charge in [0.25, 0.3) is 0 Å². The van der Waals surface area contributed by atoms with Gasteiger partial charge in [-0.15, -0.1) is 0 Å². The third-order valence-corrected chi connectivity index (χ3v) is 4.80. The number of aromatic amines is 1. The second-order valence-electron chi connectivity index (χ2n) is 6.94. The molecule has 0 aliphatic carbocycles. The number of H-pyrrole nitrogens is 1. The topological polar surface area (TPSA) is 19.7 Å². The lowest BCUT2D eigenvalue weighted by atomic mass is 10.0. The second-order valence-corrected chi connectivity index (χ2v) is 6.94. The third kappa shape index (κ3) is 10.0. The number of hydrogen-bond acceptors (Lipinski definition) is 0. The molecule has 1 aromatic heterocycles. The van der Waals surface area contributed by atoms with Crippen molar-refractivity contribution < 1.29 is 4.57 Å². The van der Waals surface area contributed by atoms with E-state index in [1.54, 1.807) is 0 Å². The second kappa shape index (κ2) is 13.8. The maximum absolute atomic E-state index is 3.12. The van der Waals surface area contributed by atoms with Crippen molar-refractivity contribution in [3.05, 3.63) is 18.7 Å². The molecule has 1 aromatic rings. The van der Waals surface area contributed by atoms with E-state index >= 15 is 0 Å². The Balaban J connectivity index is 1.76. The molecule has 0 amide bonds. The molecule has 1 unspecified atom stereocenters. The van der Waals surface area contributed by atoms with Gasteiger partial charge < -0.3 is 0 Å². The highest BCUT2D eigenvalue weighted by atomic mass is 15.0. The molecule has 0 saturated carbocycles. The molecule has 1 heterocycles. The van der Waals surface area contributed by atoms with E-state index in [4.69, 9.17) is 0 Å². The minimum Gasteiger partial charge on any atom is -0.250 e. The highest BCUT2D eigenvalue weighted by molar-refractivity contribution is 4.58. The summed E-state index contributed by atoms with van der Waals surface area (Å²) in [5.41, 5.74) is 0. The number of imidazole rings is 1. The fraction of sp³-hybridized carbons (Fsp3) is 0.850. The number of aromatic nitrogens is 2. The predicted molar refractivity (Wildman–Crippen MR) is 96.0 cm³/mol. The van der Waals surface area contributed by atoms with Crippen LogP contribution >= 0.6 is 0 Å². The molecular weight excluding hydrogens is 268 g/mol. The first-order chi connectivity index (χ1) is 10.8. The molecule has 0 fully saturated rings. The van der Waals surface area contributed by atoms with Crippen LogP contribution in [0.5, 0.6) is 0 Å². The predicted octanol–water partition coefficient (Wildman–Crippen LogP) is 6.34. The van der Waals surface area contributed by atoms with E-state index in [0.29, 0.717) is 6.04 Å². The zero-order valence-corrected chi connectivity index (χ0v) is 15.2. The van der Waals surface area contributed by atoms with E-state index in [2.05, 4.69) is 35.9 Å². The molecule has 2 heteroatoms. The van der Waals surface area contributed by atoms with Gasteiger partial charge in [-0.3, -0.25) is 4.98 Å². The SMILES string of the molecule is CCCCCCCCCCCCCCCC(C)[n+]1cc[nH]c1. The molecular formula is C20H39N2+. The fourth-order valence-electron chi connectivity index (χ4n) is 3.18. The Morgan fingerprint density at radius 3 is 1.73 bits per heavy atom. The molecule has 0 bridgehead atoms. The van der Waals surface area contributed by atoms with Crippen LogP contribution in [0.3, 0.4) is 0 Å². The lowest BCUT2D eigenvalue weighted by Crippen LogP contribution is -2.34. The van der Waals surface area contributed by atoms with Crippen LogP contribution in [-0.4, -0.2) is 4.98 Å². The van der Waals surface area contributed by atoms with Crippen molar-refractivity contribution in [2.24, 2.45) is 0 Å². The number of rotatable bonds is 15. The Labute approximate surface area is 138 Å². The molecule has 0 aliphatic rings. The average Bonchev–Trinajstić information content (AvgIpc) is 3.06. The van der Waals surface area contributed by atoms with Gasteiger partial charge in [0.15, 0.2) is 0 Å². The molecule has 1 rings (SSSR count). The first-order valence-corrected chi connectivity index (χ1v) is 9.88. The van der Waals surface area contributed by atoms with Gasteiger partial charge in [0.05, 0.1) is 6.04 Å². The zero-order chi connectivity index (χ0) is 15.9. The summed E-state index contributed by atoms with van der Waals surface area (Å²) in [6, 6.07) is 0.638. The molecule has 0 aliphatic heterocycles. The molecule has 2 nitrogen and oxygen atoms in total. The lowest BCUT2D eigenvalue weighted by molar-refractivity contribution is -0.719. The quantitative estimate of drug-likeness (QED) is 0.288. The lowest BCUT2D eigenvalue weighted by Gasteiger charge is -2.07. The highest BCUT2D eigenvalue weighted by Gasteiger charge is 2.07. The van der Waals surface area contributed by atoms with E-state index in [1.165, 1.54) is 89.9 Å². The van der Waals surface area contributed by atoms with Gasteiger partial charge in [0, 0.05) is 0 Å². The zero-order valence-electron chi connectivity index (χ0n) is 15.2. The Morgan fingerprint density at radius 2 is 1.27 bits per heavy atom. The van der Waals surface area contributed by atoms with Crippen LogP contribution in [-0.2, 0) is 0 Å². The largest absolute Gasteiger partial charge is 0.250 e. The smallest absolute Gasteiger partial charge is 0.241 e. The standard InChI is InChI=1S/C20H38N2/c1-3-4-5-6-7-8-9-10-11-12-13-14-15-16-20(2)22-18-17-21-19-22/h17-20H,3-16H2,1-2H3/p+1. The number of nitrogens with one attached hydrogen (secondary N) is 1. The van der Waals surface area contributed by atoms with Crippen molar-refractivity contribution in [2.45, 2.75) is 110 Å². The Morgan fingerprint density at radius 1 is 0.773 bits per heavy atom. The van der Waals surface area contributed by atoms with E-state index in [1.807, 2.05) is 6.20 Å². The minimum absolute atomic E-state index is 0.638. The van der Waals surface area contributed by atoms with Crippen LogP contribution in [0, 0.1) is 0 Å². The normalized spacial score (nSPS) is 12.6. The Bertz CT molecular complexity index is 318. The van der Waals surface area contributed by atoms with Crippen molar-refractivity contribution in [1.29, 1.82) is 0 Å². The number of hydrogen-bond donors (Lipinski definition) is 1. The molecule has 1 N–H and O–H groups in total. The van der Waals surface area contributed by atoms with Gasteiger partial charge in [-0.25, -0.2) is 4.57 Å². The van der Waals surface area contributed by atoms with Crippen molar-refractivity contribution >= 4 is 0 Å². The molecule has 128 valence electrons. The Kier molecular flexibility index (Phi) is 12.1. The van der Waals surface area contributed by atoms with Crippen LogP contribution in [0.4, 0.5) is 0 Å². The first kappa shape index (κ1) is 19.3. The molecule has 1 atom stereocenters. The van der Waals surface area contributed by atoms with Gasteiger partial charge >= 0.3 is 0 Å². The fourth-order valence-corrected chi connectivity index (χ4v) is 3.18. The number of nitrogens with zero attached hydrogens (tertiary/aromatic N) is 1. The molecule has 0 aromatic carbocycles. The molecule has 0 saturated heterocycles. The van der Waals surface area contributed by atoms with E-state index in [-0.39, 0.29) is 0 Å². The van der Waals surface area contributed by atoms with Gasteiger partial charge in [0.1, 0.15) is 12.4 Å². The summed E-state index contributed by atoms with van der Waals surface area (Å²) >= 11 is 0. The molecule has 0 radical (unpaired) electrons. The summed E-state index contributed by atoms with van der Waals surface area (Å²) in [6.45, 7) is 4.61. The van der Waals surface area contributed by atoms with Crippen molar-refractivity contribution in [3.8, 4) is 0 Å². The average molecular weight is 308 g/mol. The minimum atomic E-state index is 0.638. The van der Waals surface area contributed by atoms with Crippen LogP contribution in [0.2, 0.25) is 0 Å². The summed E-state index contributed by atoms with van der Waals surface area (Å²) in [4.78, 5) is 3.12. The van der Waals surface area contributed by atoms with Crippen LogP contribution in [0.15, 0.2) is 18.7 Å². The van der Waals surface area contributed by atoms with Gasteiger partial charge in [-0.2, -0.15) is 0 Å². The van der Waals surface area contributed by atoms with E-state index in [9.17, 15) is 0 Å². The molecule has 0 spiro atoms. The number of unbranched alkanes of at least 4 members (excludes halogenated alkanes) is 12. The van der Waals surface area contributed by atoms with Crippen LogP contribution < -0.4 is 4.57 Å². The van der Waals surface area contributed by atoms with Crippen molar-refractivity contribution in [2.75, 3.05) is 0 Å². The van der Waals surface area contributed by atoms with Gasteiger partial charge in [-0.1, -0.05) is 84.0 Å². The Hall–Kier alpha value is -0.790. The van der Waals surface area contributed by atoms with E-state index < -0.39 is 0 Å². The van der Waals surface area contributed by atoms with Crippen molar-refractivity contribution in [3.63, 3.8) is 0 Å². The monoisotopic (exact) mass is 307 g/mol. The van der Waals surface area contributed by atoms with E-state index in [0.717, 1.165) is 0 Å². The third-order valence-electron chi connectivity index (χ3n) is 4.80. The summed E-state index contributed by atoms with van der Waals surface area (Å²) in [6.07, 6.45) is 26.2. The first-order valence-electron chi connectivity index (χ1n) is 9.88. The summed E-state index contributed by atoms with van der Waals surface area (Å²) in [7, 11) is 0. The molecule has 22 heavy (non-hydrogen) atoms. The van der Waals surface area contributed by atoms with Gasteiger partial charge in [-0.05, 0) is 19.8 Å². The van der Waals surface area contributed by atoms with Crippen LogP contribution in [0.1, 0.15) is 110 Å². The maximum Gasteiger partial charge on any atom is 0.241 e. The van der Waals surface area contributed by atoms with Gasteiger partial charge in [0.2, 0.25) is 6.33 Å². The summed E-state index contributed by atoms with van der Waals surface area (Å²) in [5.74, 6) is 0. The summed E-state index contributed by atoms with van der Waals surface area (Å²) < 4.78 is 2.28. The van der Waals surface area contributed by atoms with Crippen LogP contribution in [0.25, 0.3) is 0 Å².